The van der Waals surface area contributed by atoms with E-state index in [4.69, 9.17) is 0 Å². The first-order chi connectivity index (χ1) is 15.7. The molecule has 1 atom stereocenters. The van der Waals surface area contributed by atoms with Gasteiger partial charge in [0.2, 0.25) is 0 Å². The summed E-state index contributed by atoms with van der Waals surface area (Å²) < 4.78 is 1.88. The summed E-state index contributed by atoms with van der Waals surface area (Å²) in [5, 5.41) is 15.3. The minimum Gasteiger partial charge on any atom is -0.318 e. The summed E-state index contributed by atoms with van der Waals surface area (Å²) in [6.45, 7) is 2.11. The molecule has 3 aromatic heterocycles. The Bertz CT molecular complexity index is 1360. The lowest BCUT2D eigenvalue weighted by Crippen LogP contribution is -2.13. The van der Waals surface area contributed by atoms with Crippen molar-refractivity contribution in [1.29, 1.82) is 0 Å². The SMILES string of the molecule is CCC(c1ccccc1)n1cc(NC(=O)c2n[nH]c3cc(-c4cncnc4)ccc23)cn1. The molecule has 32 heavy (non-hydrogen) atoms. The van der Waals surface area contributed by atoms with Crippen LogP contribution in [-0.4, -0.2) is 35.9 Å². The van der Waals surface area contributed by atoms with Gasteiger partial charge in [0, 0.05) is 29.5 Å². The number of aromatic nitrogens is 6. The van der Waals surface area contributed by atoms with Gasteiger partial charge in [0.15, 0.2) is 5.69 Å². The average Bonchev–Trinajstić information content (AvgIpc) is 3.47. The van der Waals surface area contributed by atoms with Gasteiger partial charge in [-0.3, -0.25) is 14.6 Å². The van der Waals surface area contributed by atoms with Crippen molar-refractivity contribution >= 4 is 22.5 Å². The minimum absolute atomic E-state index is 0.105. The zero-order valence-corrected chi connectivity index (χ0v) is 17.4. The van der Waals surface area contributed by atoms with E-state index in [2.05, 4.69) is 49.6 Å². The first-order valence-electron chi connectivity index (χ1n) is 10.4. The second-order valence-corrected chi connectivity index (χ2v) is 7.46. The van der Waals surface area contributed by atoms with E-state index in [1.54, 1.807) is 18.6 Å². The standard InChI is InChI=1S/C24H21N7O/c1-2-22(16-6-4-3-5-7-16)31-14-19(13-27-31)28-24(32)23-20-9-8-17(10-21(20)29-30-23)18-11-25-15-26-12-18/h3-15,22H,2H2,1H3,(H,28,32)(H,29,30). The smallest absolute Gasteiger partial charge is 0.276 e. The van der Waals surface area contributed by atoms with Crippen LogP contribution in [-0.2, 0) is 0 Å². The molecule has 8 heteroatoms. The van der Waals surface area contributed by atoms with Gasteiger partial charge in [-0.05, 0) is 29.7 Å². The molecule has 0 spiro atoms. The monoisotopic (exact) mass is 423 g/mol. The lowest BCUT2D eigenvalue weighted by Gasteiger charge is -2.15. The molecule has 0 saturated carbocycles. The molecule has 0 aliphatic carbocycles. The quantitative estimate of drug-likeness (QED) is 0.420. The number of benzene rings is 2. The van der Waals surface area contributed by atoms with E-state index in [9.17, 15) is 4.79 Å². The summed E-state index contributed by atoms with van der Waals surface area (Å²) in [4.78, 5) is 21.0. The van der Waals surface area contributed by atoms with E-state index in [-0.39, 0.29) is 11.9 Å². The third kappa shape index (κ3) is 3.74. The maximum Gasteiger partial charge on any atom is 0.276 e. The number of hydrogen-bond acceptors (Lipinski definition) is 5. The highest BCUT2D eigenvalue weighted by atomic mass is 16.2. The van der Waals surface area contributed by atoms with Crippen molar-refractivity contribution in [3.05, 3.63) is 90.9 Å². The Morgan fingerprint density at radius 3 is 2.66 bits per heavy atom. The lowest BCUT2D eigenvalue weighted by molar-refractivity contribution is 0.102. The summed E-state index contributed by atoms with van der Waals surface area (Å²) >= 11 is 0. The maximum absolute atomic E-state index is 12.9. The second kappa shape index (κ2) is 8.43. The Morgan fingerprint density at radius 1 is 1.06 bits per heavy atom. The molecule has 1 amide bonds. The molecule has 8 nitrogen and oxygen atoms in total. The van der Waals surface area contributed by atoms with Crippen LogP contribution in [0.4, 0.5) is 5.69 Å². The molecule has 0 fully saturated rings. The van der Waals surface area contributed by atoms with Crippen molar-refractivity contribution in [3.8, 4) is 11.1 Å². The van der Waals surface area contributed by atoms with Crippen LogP contribution in [0.25, 0.3) is 22.0 Å². The van der Waals surface area contributed by atoms with E-state index in [0.717, 1.165) is 28.5 Å². The first-order valence-corrected chi connectivity index (χ1v) is 10.4. The normalized spacial score (nSPS) is 12.0. The van der Waals surface area contributed by atoms with Crippen LogP contribution in [0, 0.1) is 0 Å². The maximum atomic E-state index is 12.9. The van der Waals surface area contributed by atoms with Gasteiger partial charge < -0.3 is 5.32 Å². The highest BCUT2D eigenvalue weighted by Gasteiger charge is 2.17. The fourth-order valence-electron chi connectivity index (χ4n) is 3.83. The van der Waals surface area contributed by atoms with Gasteiger partial charge >= 0.3 is 0 Å². The fraction of sp³-hybridized carbons (Fsp3) is 0.125. The first kappa shape index (κ1) is 19.6. The van der Waals surface area contributed by atoms with E-state index in [1.165, 1.54) is 11.9 Å². The Morgan fingerprint density at radius 2 is 1.88 bits per heavy atom. The molecule has 5 aromatic rings. The number of hydrogen-bond donors (Lipinski definition) is 2. The van der Waals surface area contributed by atoms with Crippen LogP contribution < -0.4 is 5.32 Å². The molecule has 5 rings (SSSR count). The number of carbonyl (C=O) groups is 1. The summed E-state index contributed by atoms with van der Waals surface area (Å²) in [5.41, 5.74) is 4.74. The van der Waals surface area contributed by atoms with Crippen molar-refractivity contribution in [3.63, 3.8) is 0 Å². The Kier molecular flexibility index (Phi) is 5.17. The van der Waals surface area contributed by atoms with Crippen molar-refractivity contribution in [2.75, 3.05) is 5.32 Å². The minimum atomic E-state index is -0.292. The van der Waals surface area contributed by atoms with E-state index in [1.807, 2.05) is 47.3 Å². The molecular weight excluding hydrogens is 402 g/mol. The lowest BCUT2D eigenvalue weighted by atomic mass is 10.1. The number of aromatic amines is 1. The Balaban J connectivity index is 1.36. The summed E-state index contributed by atoms with van der Waals surface area (Å²) in [6, 6.07) is 16.0. The van der Waals surface area contributed by atoms with Crippen LogP contribution in [0.1, 0.15) is 35.4 Å². The summed E-state index contributed by atoms with van der Waals surface area (Å²) in [6.07, 6.45) is 9.38. The highest BCUT2D eigenvalue weighted by Crippen LogP contribution is 2.25. The zero-order chi connectivity index (χ0) is 21.9. The van der Waals surface area contributed by atoms with Crippen LogP contribution in [0.5, 0.6) is 0 Å². The number of fused-ring (bicyclic) bond motifs is 1. The number of nitrogens with zero attached hydrogens (tertiary/aromatic N) is 5. The molecule has 0 aliphatic heterocycles. The van der Waals surface area contributed by atoms with Gasteiger partial charge in [0.25, 0.3) is 5.91 Å². The van der Waals surface area contributed by atoms with Crippen molar-refractivity contribution < 1.29 is 4.79 Å². The fourth-order valence-corrected chi connectivity index (χ4v) is 3.83. The molecule has 2 N–H and O–H groups in total. The highest BCUT2D eigenvalue weighted by molar-refractivity contribution is 6.11. The summed E-state index contributed by atoms with van der Waals surface area (Å²) in [5.74, 6) is -0.292. The van der Waals surface area contributed by atoms with Gasteiger partial charge in [-0.2, -0.15) is 10.2 Å². The Hall–Kier alpha value is -4.33. The molecule has 0 radical (unpaired) electrons. The van der Waals surface area contributed by atoms with Gasteiger partial charge in [-0.1, -0.05) is 43.3 Å². The molecular formula is C24H21N7O. The second-order valence-electron chi connectivity index (χ2n) is 7.46. The third-order valence-electron chi connectivity index (χ3n) is 5.42. The van der Waals surface area contributed by atoms with Crippen LogP contribution in [0.2, 0.25) is 0 Å². The van der Waals surface area contributed by atoms with Crippen LogP contribution >= 0.6 is 0 Å². The number of H-pyrrole nitrogens is 1. The summed E-state index contributed by atoms with van der Waals surface area (Å²) in [7, 11) is 0. The van der Waals surface area contributed by atoms with Gasteiger partial charge in [0.05, 0.1) is 23.4 Å². The predicted octanol–water partition coefficient (Wildman–Crippen LogP) is 4.47. The van der Waals surface area contributed by atoms with Crippen molar-refractivity contribution in [1.82, 2.24) is 29.9 Å². The van der Waals surface area contributed by atoms with Crippen molar-refractivity contribution in [2.24, 2.45) is 0 Å². The molecule has 1 unspecified atom stereocenters. The average molecular weight is 423 g/mol. The van der Waals surface area contributed by atoms with Crippen molar-refractivity contribution in [2.45, 2.75) is 19.4 Å². The van der Waals surface area contributed by atoms with Crippen LogP contribution in [0.3, 0.4) is 0 Å². The number of nitrogens with one attached hydrogen (secondary N) is 2. The number of rotatable bonds is 6. The topological polar surface area (TPSA) is 101 Å². The van der Waals surface area contributed by atoms with Gasteiger partial charge in [-0.15, -0.1) is 0 Å². The predicted molar refractivity (Wildman–Crippen MR) is 122 cm³/mol. The largest absolute Gasteiger partial charge is 0.318 e. The van der Waals surface area contributed by atoms with Gasteiger partial charge in [0.1, 0.15) is 6.33 Å². The van der Waals surface area contributed by atoms with E-state index in [0.29, 0.717) is 11.4 Å². The molecule has 158 valence electrons. The number of anilines is 1. The zero-order valence-electron chi connectivity index (χ0n) is 17.4. The molecule has 0 aliphatic rings. The molecule has 0 saturated heterocycles. The Labute approximate surface area is 184 Å². The van der Waals surface area contributed by atoms with E-state index >= 15 is 0 Å². The third-order valence-corrected chi connectivity index (χ3v) is 5.42. The number of carbonyl (C=O) groups excluding carboxylic acids is 1. The number of amides is 1. The molecule has 3 heterocycles. The molecule has 2 aromatic carbocycles. The van der Waals surface area contributed by atoms with E-state index < -0.39 is 0 Å². The van der Waals surface area contributed by atoms with Crippen LogP contribution in [0.15, 0.2) is 79.6 Å². The molecule has 0 bridgehead atoms. The van der Waals surface area contributed by atoms with Gasteiger partial charge in [-0.25, -0.2) is 9.97 Å².